The van der Waals surface area contributed by atoms with Crippen LogP contribution in [0.25, 0.3) is 0 Å². The number of aryl methyl sites for hydroxylation is 1. The molecule has 0 saturated carbocycles. The third-order valence-corrected chi connectivity index (χ3v) is 3.73. The summed E-state index contributed by atoms with van der Waals surface area (Å²) in [5, 5.41) is 3.66. The van der Waals surface area contributed by atoms with Gasteiger partial charge in [-0.3, -0.25) is 9.78 Å². The van der Waals surface area contributed by atoms with Gasteiger partial charge in [-0.25, -0.2) is 0 Å². The second-order valence-corrected chi connectivity index (χ2v) is 5.33. The molecule has 3 rings (SSSR count). The Morgan fingerprint density at radius 2 is 2.17 bits per heavy atom. The van der Waals surface area contributed by atoms with Crippen LogP contribution in [0.3, 0.4) is 0 Å². The topological polar surface area (TPSA) is 90.6 Å². The number of amides is 1. The van der Waals surface area contributed by atoms with Gasteiger partial charge >= 0.3 is 0 Å². The minimum Gasteiger partial charge on any atom is -0.480 e. The molecule has 1 amide bonds. The van der Waals surface area contributed by atoms with Crippen LogP contribution < -0.4 is 9.47 Å². The molecule has 8 heteroatoms. The lowest BCUT2D eigenvalue weighted by Crippen LogP contribution is -2.44. The maximum Gasteiger partial charge on any atom is 0.259 e. The third kappa shape index (κ3) is 3.41. The van der Waals surface area contributed by atoms with E-state index in [1.54, 1.807) is 11.8 Å². The largest absolute Gasteiger partial charge is 0.480 e. The highest BCUT2D eigenvalue weighted by Gasteiger charge is 2.28. The summed E-state index contributed by atoms with van der Waals surface area (Å²) >= 11 is 0. The first-order valence-corrected chi connectivity index (χ1v) is 7.40. The Balaban J connectivity index is 1.66. The molecule has 3 heterocycles. The van der Waals surface area contributed by atoms with E-state index in [-0.39, 0.29) is 12.0 Å². The zero-order valence-electron chi connectivity index (χ0n) is 13.1. The average Bonchev–Trinajstić information content (AvgIpc) is 3.00. The molecule has 0 radical (unpaired) electrons. The molecule has 2 aromatic rings. The molecule has 23 heavy (non-hydrogen) atoms. The van der Waals surface area contributed by atoms with Crippen molar-refractivity contribution in [1.29, 1.82) is 0 Å². The van der Waals surface area contributed by atoms with Crippen molar-refractivity contribution in [1.82, 2.24) is 20.0 Å². The summed E-state index contributed by atoms with van der Waals surface area (Å²) in [4.78, 5) is 22.5. The van der Waals surface area contributed by atoms with Gasteiger partial charge in [0.1, 0.15) is 17.4 Å². The molecule has 122 valence electrons. The van der Waals surface area contributed by atoms with Crippen LogP contribution in [-0.2, 0) is 0 Å². The summed E-state index contributed by atoms with van der Waals surface area (Å²) in [6, 6.07) is 0. The van der Waals surface area contributed by atoms with Crippen molar-refractivity contribution in [3.8, 4) is 11.8 Å². The van der Waals surface area contributed by atoms with Gasteiger partial charge in [0.2, 0.25) is 11.8 Å². The van der Waals surface area contributed by atoms with Crippen LogP contribution in [0.1, 0.15) is 29.0 Å². The Morgan fingerprint density at radius 3 is 2.91 bits per heavy atom. The number of hydrogen-bond donors (Lipinski definition) is 0. The van der Waals surface area contributed by atoms with Crippen molar-refractivity contribution in [3.05, 3.63) is 29.9 Å². The van der Waals surface area contributed by atoms with Crippen molar-refractivity contribution in [2.24, 2.45) is 0 Å². The smallest absolute Gasteiger partial charge is 0.259 e. The maximum absolute atomic E-state index is 12.5. The average molecular weight is 318 g/mol. The van der Waals surface area contributed by atoms with Crippen LogP contribution in [0.4, 0.5) is 0 Å². The number of likely N-dealkylation sites (tertiary alicyclic amines) is 1. The van der Waals surface area contributed by atoms with Crippen molar-refractivity contribution in [2.45, 2.75) is 25.9 Å². The second kappa shape index (κ2) is 6.64. The van der Waals surface area contributed by atoms with E-state index in [1.807, 2.05) is 0 Å². The van der Waals surface area contributed by atoms with Gasteiger partial charge in [0.15, 0.2) is 0 Å². The van der Waals surface area contributed by atoms with Crippen LogP contribution >= 0.6 is 0 Å². The minimum absolute atomic E-state index is 0.0891. The molecule has 1 fully saturated rings. The molecule has 0 aliphatic carbocycles. The summed E-state index contributed by atoms with van der Waals surface area (Å²) in [7, 11) is 1.52. The Morgan fingerprint density at radius 1 is 1.35 bits per heavy atom. The molecule has 8 nitrogen and oxygen atoms in total. The number of piperidine rings is 1. The van der Waals surface area contributed by atoms with E-state index in [0.717, 1.165) is 12.8 Å². The summed E-state index contributed by atoms with van der Waals surface area (Å²) in [6.07, 6.45) is 6.08. The predicted molar refractivity (Wildman–Crippen MR) is 79.4 cm³/mol. The number of methoxy groups -OCH3 is 1. The molecule has 1 saturated heterocycles. The Bertz CT molecular complexity index is 688. The van der Waals surface area contributed by atoms with Crippen LogP contribution in [0.15, 0.2) is 23.1 Å². The summed E-state index contributed by atoms with van der Waals surface area (Å²) in [5.74, 6) is 1.22. The van der Waals surface area contributed by atoms with Crippen LogP contribution in [-0.4, -0.2) is 52.2 Å². The first-order valence-electron chi connectivity index (χ1n) is 7.40. The zero-order chi connectivity index (χ0) is 16.2. The quantitative estimate of drug-likeness (QED) is 0.843. The number of hydrogen-bond acceptors (Lipinski definition) is 7. The first kappa shape index (κ1) is 15.3. The van der Waals surface area contributed by atoms with E-state index < -0.39 is 0 Å². The number of carbonyl (C=O) groups excluding carboxylic acids is 1. The number of nitrogens with zero attached hydrogens (tertiary/aromatic N) is 4. The molecule has 0 bridgehead atoms. The van der Waals surface area contributed by atoms with Gasteiger partial charge < -0.3 is 18.9 Å². The minimum atomic E-state index is -0.130. The van der Waals surface area contributed by atoms with Gasteiger partial charge in [-0.2, -0.15) is 4.98 Å². The van der Waals surface area contributed by atoms with E-state index in [2.05, 4.69) is 15.1 Å². The monoisotopic (exact) mass is 318 g/mol. The molecule has 0 aromatic carbocycles. The Kier molecular flexibility index (Phi) is 4.40. The first-order chi connectivity index (χ1) is 11.2. The summed E-state index contributed by atoms with van der Waals surface area (Å²) < 4.78 is 15.8. The lowest BCUT2D eigenvalue weighted by Gasteiger charge is -2.32. The van der Waals surface area contributed by atoms with Gasteiger partial charge in [0, 0.05) is 6.54 Å². The van der Waals surface area contributed by atoms with Crippen LogP contribution in [0.2, 0.25) is 0 Å². The Hall–Kier alpha value is -2.64. The van der Waals surface area contributed by atoms with Gasteiger partial charge in [-0.1, -0.05) is 5.16 Å². The lowest BCUT2D eigenvalue weighted by molar-refractivity contribution is 0.0523. The molecule has 1 atom stereocenters. The van der Waals surface area contributed by atoms with Gasteiger partial charge in [0.25, 0.3) is 5.91 Å². The molecular weight excluding hydrogens is 300 g/mol. The van der Waals surface area contributed by atoms with Crippen molar-refractivity contribution in [2.75, 3.05) is 20.2 Å². The van der Waals surface area contributed by atoms with Crippen LogP contribution in [0, 0.1) is 6.92 Å². The number of carbonyl (C=O) groups is 1. The SMILES string of the molecule is COc1cncc(OC2CCCN(C(=O)c3cnoc3C)C2)n1. The van der Waals surface area contributed by atoms with Gasteiger partial charge in [0.05, 0.1) is 32.2 Å². The van der Waals surface area contributed by atoms with E-state index >= 15 is 0 Å². The van der Waals surface area contributed by atoms with Crippen molar-refractivity contribution >= 4 is 5.91 Å². The Labute approximate surface area is 133 Å². The standard InChI is InChI=1S/C15H18N4O4/c1-10-12(6-17-23-10)15(20)19-5-3-4-11(9-19)22-14-8-16-7-13(18-14)21-2/h6-8,11H,3-5,9H2,1-2H3. The maximum atomic E-state index is 12.5. The molecule has 2 aromatic heterocycles. The van der Waals surface area contributed by atoms with Gasteiger partial charge in [-0.15, -0.1) is 0 Å². The van der Waals surface area contributed by atoms with E-state index in [0.29, 0.717) is 36.2 Å². The van der Waals surface area contributed by atoms with Crippen LogP contribution in [0.5, 0.6) is 11.8 Å². The second-order valence-electron chi connectivity index (χ2n) is 5.33. The lowest BCUT2D eigenvalue weighted by atomic mass is 10.1. The highest BCUT2D eigenvalue weighted by molar-refractivity contribution is 5.94. The number of aromatic nitrogens is 3. The summed E-state index contributed by atoms with van der Waals surface area (Å²) in [5.41, 5.74) is 0.492. The van der Waals surface area contributed by atoms with Crippen molar-refractivity contribution in [3.63, 3.8) is 0 Å². The summed E-state index contributed by atoms with van der Waals surface area (Å²) in [6.45, 7) is 2.90. The van der Waals surface area contributed by atoms with Gasteiger partial charge in [-0.05, 0) is 19.8 Å². The molecule has 1 aliphatic rings. The highest BCUT2D eigenvalue weighted by atomic mass is 16.5. The fourth-order valence-corrected chi connectivity index (χ4v) is 2.55. The number of ether oxygens (including phenoxy) is 2. The zero-order valence-corrected chi connectivity index (χ0v) is 13.1. The fourth-order valence-electron chi connectivity index (χ4n) is 2.55. The van der Waals surface area contributed by atoms with Crippen molar-refractivity contribution < 1.29 is 18.8 Å². The molecular formula is C15H18N4O4. The molecule has 1 unspecified atom stereocenters. The van der Waals surface area contributed by atoms with E-state index in [9.17, 15) is 4.79 Å². The number of rotatable bonds is 4. The fraction of sp³-hybridized carbons (Fsp3) is 0.467. The molecule has 1 aliphatic heterocycles. The van der Waals surface area contributed by atoms with E-state index in [4.69, 9.17) is 14.0 Å². The molecule has 0 spiro atoms. The highest BCUT2D eigenvalue weighted by Crippen LogP contribution is 2.20. The van der Waals surface area contributed by atoms with E-state index in [1.165, 1.54) is 25.7 Å². The predicted octanol–water partition coefficient (Wildman–Crippen LogP) is 1.47. The third-order valence-electron chi connectivity index (χ3n) is 3.73. The molecule has 0 N–H and O–H groups in total. The normalized spacial score (nSPS) is 17.8.